The Hall–Kier alpha value is -2.67. The predicted octanol–water partition coefficient (Wildman–Crippen LogP) is 2.35. The van der Waals surface area contributed by atoms with Gasteiger partial charge in [0.25, 0.3) is 5.91 Å². The molecule has 0 aliphatic carbocycles. The lowest BCUT2D eigenvalue weighted by molar-refractivity contribution is 0.0604. The van der Waals surface area contributed by atoms with Crippen LogP contribution in [-0.4, -0.2) is 28.5 Å². The molecule has 2 heterocycles. The number of hydrogen-bond acceptors (Lipinski definition) is 5. The Kier molecular flexibility index (Phi) is 4.12. The minimum atomic E-state index is -0.396. The molecule has 0 aliphatic rings. The van der Waals surface area contributed by atoms with E-state index < -0.39 is 5.97 Å². The molecule has 1 aromatic carbocycles. The Morgan fingerprint density at radius 3 is 2.83 bits per heavy atom. The van der Waals surface area contributed by atoms with Gasteiger partial charge in [0.15, 0.2) is 5.82 Å². The summed E-state index contributed by atoms with van der Waals surface area (Å²) in [6.07, 6.45) is 3.27. The molecule has 0 atom stereocenters. The molecule has 0 saturated heterocycles. The summed E-state index contributed by atoms with van der Waals surface area (Å²) < 4.78 is 7.47. The zero-order chi connectivity index (χ0) is 16.4. The predicted molar refractivity (Wildman–Crippen MR) is 87.5 cm³/mol. The zero-order valence-corrected chi connectivity index (χ0v) is 13.5. The Balaban J connectivity index is 1.91. The van der Waals surface area contributed by atoms with E-state index in [1.807, 2.05) is 24.3 Å². The molecule has 23 heavy (non-hydrogen) atoms. The second-order valence-electron chi connectivity index (χ2n) is 4.94. The molecule has 1 N–H and O–H groups in total. The molecule has 0 bridgehead atoms. The molecule has 0 saturated carbocycles. The highest BCUT2D eigenvalue weighted by molar-refractivity contribution is 7.21. The van der Waals surface area contributed by atoms with Crippen LogP contribution in [0.5, 0.6) is 0 Å². The van der Waals surface area contributed by atoms with Gasteiger partial charge in [0.2, 0.25) is 0 Å². The fraction of sp³-hybridized carbons (Fsp3) is 0.188. The van der Waals surface area contributed by atoms with E-state index in [1.54, 1.807) is 24.0 Å². The van der Waals surface area contributed by atoms with E-state index in [1.165, 1.54) is 18.4 Å². The number of carbonyl (C=O) groups excluding carboxylic acids is 2. The fourth-order valence-corrected chi connectivity index (χ4v) is 3.50. The van der Waals surface area contributed by atoms with Gasteiger partial charge in [0.05, 0.1) is 7.11 Å². The summed E-state index contributed by atoms with van der Waals surface area (Å²) in [5.41, 5.74) is 0.764. The van der Waals surface area contributed by atoms with Crippen molar-refractivity contribution < 1.29 is 14.3 Å². The van der Waals surface area contributed by atoms with E-state index in [0.29, 0.717) is 10.7 Å². The van der Waals surface area contributed by atoms with Crippen molar-refractivity contribution in [1.82, 2.24) is 14.9 Å². The maximum absolute atomic E-state index is 12.2. The van der Waals surface area contributed by atoms with Gasteiger partial charge < -0.3 is 14.6 Å². The molecule has 0 radical (unpaired) electrons. The van der Waals surface area contributed by atoms with Crippen molar-refractivity contribution >= 4 is 33.3 Å². The largest absolute Gasteiger partial charge is 0.465 e. The van der Waals surface area contributed by atoms with E-state index in [0.717, 1.165) is 15.6 Å². The topological polar surface area (TPSA) is 73.2 Å². The SMILES string of the molecule is COC(=O)c1sc2ccccc2c1CNC(=O)c1nccn1C. The van der Waals surface area contributed by atoms with Crippen LogP contribution in [0.3, 0.4) is 0 Å². The number of nitrogens with one attached hydrogen (secondary N) is 1. The molecule has 0 unspecified atom stereocenters. The third-order valence-electron chi connectivity index (χ3n) is 3.52. The van der Waals surface area contributed by atoms with Crippen LogP contribution in [0.15, 0.2) is 36.7 Å². The van der Waals surface area contributed by atoms with Crippen LogP contribution in [0, 0.1) is 0 Å². The average Bonchev–Trinajstić information content (AvgIpc) is 3.15. The number of thiophene rings is 1. The Labute approximate surface area is 136 Å². The Morgan fingerprint density at radius 2 is 2.13 bits per heavy atom. The minimum absolute atomic E-state index is 0.236. The zero-order valence-electron chi connectivity index (χ0n) is 12.7. The van der Waals surface area contributed by atoms with Crippen LogP contribution >= 0.6 is 11.3 Å². The quantitative estimate of drug-likeness (QED) is 0.746. The van der Waals surface area contributed by atoms with Crippen molar-refractivity contribution in [2.45, 2.75) is 6.54 Å². The molecule has 7 heteroatoms. The lowest BCUT2D eigenvalue weighted by atomic mass is 10.1. The molecule has 0 aliphatic heterocycles. The number of ether oxygens (including phenoxy) is 1. The number of hydrogen-bond donors (Lipinski definition) is 1. The summed E-state index contributed by atoms with van der Waals surface area (Å²) in [5, 5.41) is 3.76. The van der Waals surface area contributed by atoms with E-state index in [4.69, 9.17) is 4.74 Å². The monoisotopic (exact) mass is 329 g/mol. The summed E-state index contributed by atoms with van der Waals surface area (Å²) in [7, 11) is 3.10. The maximum atomic E-state index is 12.2. The van der Waals surface area contributed by atoms with Crippen LogP contribution < -0.4 is 5.32 Å². The number of fused-ring (bicyclic) bond motifs is 1. The lowest BCUT2D eigenvalue weighted by Crippen LogP contribution is -2.26. The van der Waals surface area contributed by atoms with Gasteiger partial charge in [-0.25, -0.2) is 9.78 Å². The van der Waals surface area contributed by atoms with E-state index in [9.17, 15) is 9.59 Å². The molecule has 2 aromatic heterocycles. The Morgan fingerprint density at radius 1 is 1.35 bits per heavy atom. The highest BCUT2D eigenvalue weighted by atomic mass is 32.1. The average molecular weight is 329 g/mol. The Bertz CT molecular complexity index is 882. The van der Waals surface area contributed by atoms with E-state index in [-0.39, 0.29) is 12.5 Å². The van der Waals surface area contributed by atoms with Crippen LogP contribution in [0.1, 0.15) is 25.9 Å². The number of aryl methyl sites for hydroxylation is 1. The summed E-state index contributed by atoms with van der Waals surface area (Å²) in [6, 6.07) is 7.69. The van der Waals surface area contributed by atoms with Crippen LogP contribution in [0.2, 0.25) is 0 Å². The second kappa shape index (κ2) is 6.21. The van der Waals surface area contributed by atoms with Crippen molar-refractivity contribution in [2.75, 3.05) is 7.11 Å². The van der Waals surface area contributed by atoms with Gasteiger partial charge in [-0.15, -0.1) is 11.3 Å². The minimum Gasteiger partial charge on any atom is -0.465 e. The number of benzene rings is 1. The van der Waals surface area contributed by atoms with Gasteiger partial charge in [-0.2, -0.15) is 0 Å². The highest BCUT2D eigenvalue weighted by Crippen LogP contribution is 2.31. The first-order valence-corrected chi connectivity index (χ1v) is 7.77. The third kappa shape index (κ3) is 2.83. The number of methoxy groups -OCH3 is 1. The van der Waals surface area contributed by atoms with Crippen molar-refractivity contribution in [2.24, 2.45) is 7.05 Å². The molecular formula is C16H15N3O3S. The number of carbonyl (C=O) groups is 2. The summed E-state index contributed by atoms with van der Waals surface area (Å²) in [5.74, 6) is -0.361. The number of rotatable bonds is 4. The number of amides is 1. The van der Waals surface area contributed by atoms with Crippen molar-refractivity contribution in [3.05, 3.63) is 52.9 Å². The van der Waals surface area contributed by atoms with Gasteiger partial charge in [0, 0.05) is 36.2 Å². The van der Waals surface area contributed by atoms with Crippen LogP contribution in [0.25, 0.3) is 10.1 Å². The molecule has 0 fully saturated rings. The van der Waals surface area contributed by atoms with Crippen molar-refractivity contribution in [3.63, 3.8) is 0 Å². The smallest absolute Gasteiger partial charge is 0.348 e. The van der Waals surface area contributed by atoms with E-state index >= 15 is 0 Å². The lowest BCUT2D eigenvalue weighted by Gasteiger charge is -2.06. The molecular weight excluding hydrogens is 314 g/mol. The summed E-state index contributed by atoms with van der Waals surface area (Å²) in [4.78, 5) is 28.7. The molecule has 0 spiro atoms. The third-order valence-corrected chi connectivity index (χ3v) is 4.71. The standard InChI is InChI=1S/C16H15N3O3S/c1-19-8-7-17-14(19)15(20)18-9-11-10-5-3-4-6-12(10)23-13(11)16(21)22-2/h3-8H,9H2,1-2H3,(H,18,20). The van der Waals surface area contributed by atoms with Gasteiger partial charge in [0.1, 0.15) is 4.88 Å². The first-order chi connectivity index (χ1) is 11.1. The van der Waals surface area contributed by atoms with Gasteiger partial charge in [-0.05, 0) is 11.5 Å². The molecule has 1 amide bonds. The van der Waals surface area contributed by atoms with Gasteiger partial charge >= 0.3 is 5.97 Å². The first-order valence-electron chi connectivity index (χ1n) is 6.96. The number of aromatic nitrogens is 2. The van der Waals surface area contributed by atoms with Crippen molar-refractivity contribution in [3.8, 4) is 0 Å². The first kappa shape index (κ1) is 15.2. The number of nitrogens with zero attached hydrogens (tertiary/aromatic N) is 2. The van der Waals surface area contributed by atoms with E-state index in [2.05, 4.69) is 10.3 Å². The van der Waals surface area contributed by atoms with Crippen molar-refractivity contribution in [1.29, 1.82) is 0 Å². The number of imidazole rings is 1. The maximum Gasteiger partial charge on any atom is 0.348 e. The molecule has 6 nitrogen and oxygen atoms in total. The van der Waals surface area contributed by atoms with Crippen LogP contribution in [0.4, 0.5) is 0 Å². The fourth-order valence-electron chi connectivity index (χ4n) is 2.36. The molecule has 118 valence electrons. The normalized spacial score (nSPS) is 10.7. The second-order valence-corrected chi connectivity index (χ2v) is 5.99. The van der Waals surface area contributed by atoms with Crippen LogP contribution in [-0.2, 0) is 18.3 Å². The molecule has 3 rings (SSSR count). The highest BCUT2D eigenvalue weighted by Gasteiger charge is 2.20. The summed E-state index contributed by atoms with van der Waals surface area (Å²) in [6.45, 7) is 0.236. The van der Waals surface area contributed by atoms with Gasteiger partial charge in [-0.3, -0.25) is 4.79 Å². The summed E-state index contributed by atoms with van der Waals surface area (Å²) >= 11 is 1.36. The number of esters is 1. The molecule has 3 aromatic rings. The van der Waals surface area contributed by atoms with Gasteiger partial charge in [-0.1, -0.05) is 18.2 Å².